The predicted octanol–water partition coefficient (Wildman–Crippen LogP) is 1.63. The van der Waals surface area contributed by atoms with Crippen LogP contribution in [0.4, 0.5) is 0 Å². The summed E-state index contributed by atoms with van der Waals surface area (Å²) in [5.74, 6) is 0.571. The van der Waals surface area contributed by atoms with Crippen LogP contribution in [0.3, 0.4) is 0 Å². The molecule has 4 nitrogen and oxygen atoms in total. The van der Waals surface area contributed by atoms with Crippen molar-refractivity contribution in [3.05, 3.63) is 65.5 Å². The van der Waals surface area contributed by atoms with Gasteiger partial charge >= 0.3 is 0 Å². The van der Waals surface area contributed by atoms with Crippen LogP contribution in [-0.4, -0.2) is 29.0 Å². The lowest BCUT2D eigenvalue weighted by molar-refractivity contribution is 0.147. The van der Waals surface area contributed by atoms with Gasteiger partial charge in [-0.05, 0) is 24.6 Å². The molecule has 1 unspecified atom stereocenters. The first-order valence-electron chi connectivity index (χ1n) is 6.72. The topological polar surface area (TPSA) is 57.5 Å². The van der Waals surface area contributed by atoms with Gasteiger partial charge in [-0.25, -0.2) is 0 Å². The number of aryl methyl sites for hydroxylation is 1. The van der Waals surface area contributed by atoms with Crippen LogP contribution in [0.15, 0.2) is 53.5 Å². The molecule has 0 saturated heterocycles. The SMILES string of the molecule is Cc1cccc(C(O)(C2=NCCN2)c2ccccc2)n1. The molecule has 1 aliphatic heterocycles. The van der Waals surface area contributed by atoms with E-state index in [4.69, 9.17) is 0 Å². The van der Waals surface area contributed by atoms with Crippen molar-refractivity contribution in [2.45, 2.75) is 12.5 Å². The number of rotatable bonds is 3. The summed E-state index contributed by atoms with van der Waals surface area (Å²) in [4.78, 5) is 8.90. The molecule has 0 radical (unpaired) electrons. The Bertz CT molecular complexity index is 639. The van der Waals surface area contributed by atoms with Crippen molar-refractivity contribution in [2.75, 3.05) is 13.1 Å². The van der Waals surface area contributed by atoms with Gasteiger partial charge in [-0.1, -0.05) is 36.4 Å². The molecule has 0 saturated carbocycles. The molecule has 0 amide bonds. The number of hydrogen-bond acceptors (Lipinski definition) is 4. The van der Waals surface area contributed by atoms with Gasteiger partial charge in [0.05, 0.1) is 12.2 Å². The van der Waals surface area contributed by atoms with Gasteiger partial charge < -0.3 is 10.4 Å². The van der Waals surface area contributed by atoms with Crippen LogP contribution in [0.2, 0.25) is 0 Å². The second-order valence-electron chi connectivity index (χ2n) is 4.90. The summed E-state index contributed by atoms with van der Waals surface area (Å²) in [6, 6.07) is 15.2. The molecule has 102 valence electrons. The van der Waals surface area contributed by atoms with Crippen molar-refractivity contribution in [1.82, 2.24) is 10.3 Å². The first-order valence-corrected chi connectivity index (χ1v) is 6.72. The van der Waals surface area contributed by atoms with E-state index >= 15 is 0 Å². The van der Waals surface area contributed by atoms with Crippen molar-refractivity contribution >= 4 is 5.84 Å². The Morgan fingerprint density at radius 2 is 1.90 bits per heavy atom. The minimum Gasteiger partial charge on any atom is -0.372 e. The lowest BCUT2D eigenvalue weighted by atomic mass is 9.88. The van der Waals surface area contributed by atoms with Crippen molar-refractivity contribution in [3.8, 4) is 0 Å². The molecule has 20 heavy (non-hydrogen) atoms. The molecule has 0 bridgehead atoms. The molecule has 0 spiro atoms. The smallest absolute Gasteiger partial charge is 0.189 e. The predicted molar refractivity (Wildman–Crippen MR) is 78.7 cm³/mol. The van der Waals surface area contributed by atoms with Gasteiger partial charge in [0.2, 0.25) is 0 Å². The van der Waals surface area contributed by atoms with E-state index in [0.29, 0.717) is 18.1 Å². The molecule has 0 fully saturated rings. The maximum absolute atomic E-state index is 11.3. The maximum Gasteiger partial charge on any atom is 0.189 e. The van der Waals surface area contributed by atoms with E-state index in [9.17, 15) is 5.11 Å². The molecule has 2 heterocycles. The number of pyridine rings is 1. The van der Waals surface area contributed by atoms with Crippen LogP contribution in [0.25, 0.3) is 0 Å². The molecule has 1 atom stereocenters. The van der Waals surface area contributed by atoms with E-state index in [2.05, 4.69) is 15.3 Å². The molecule has 3 rings (SSSR count). The second kappa shape index (κ2) is 5.06. The van der Waals surface area contributed by atoms with Gasteiger partial charge in [-0.2, -0.15) is 0 Å². The van der Waals surface area contributed by atoms with Gasteiger partial charge in [0.1, 0.15) is 5.84 Å². The largest absolute Gasteiger partial charge is 0.372 e. The van der Waals surface area contributed by atoms with Crippen molar-refractivity contribution < 1.29 is 5.11 Å². The molecule has 0 aliphatic carbocycles. The number of aliphatic imine (C=N–C) groups is 1. The highest BCUT2D eigenvalue weighted by Gasteiger charge is 2.40. The van der Waals surface area contributed by atoms with Gasteiger partial charge in [-0.3, -0.25) is 9.98 Å². The van der Waals surface area contributed by atoms with Crippen LogP contribution < -0.4 is 5.32 Å². The van der Waals surface area contributed by atoms with E-state index in [-0.39, 0.29) is 0 Å². The van der Waals surface area contributed by atoms with Gasteiger partial charge in [-0.15, -0.1) is 0 Å². The Balaban J connectivity index is 2.18. The number of hydrogen-bond donors (Lipinski definition) is 2. The molecule has 2 N–H and O–H groups in total. The minimum atomic E-state index is -1.32. The van der Waals surface area contributed by atoms with Crippen molar-refractivity contribution in [3.63, 3.8) is 0 Å². The molecule has 1 aromatic heterocycles. The Kier molecular flexibility index (Phi) is 3.24. The molecular formula is C16H17N3O. The molecule has 4 heteroatoms. The van der Waals surface area contributed by atoms with Gasteiger partial charge in [0, 0.05) is 12.2 Å². The average Bonchev–Trinajstić information content (AvgIpc) is 3.02. The molecule has 1 aliphatic rings. The first kappa shape index (κ1) is 12.8. The van der Waals surface area contributed by atoms with Crippen LogP contribution in [0.5, 0.6) is 0 Å². The third-order valence-electron chi connectivity index (χ3n) is 3.47. The molecular weight excluding hydrogens is 250 g/mol. The second-order valence-corrected chi connectivity index (χ2v) is 4.90. The summed E-state index contributed by atoms with van der Waals surface area (Å²) in [6.45, 7) is 3.34. The third kappa shape index (κ3) is 2.08. The highest BCUT2D eigenvalue weighted by molar-refractivity contribution is 5.95. The number of amidine groups is 1. The Morgan fingerprint density at radius 3 is 2.55 bits per heavy atom. The summed E-state index contributed by atoms with van der Waals surface area (Å²) >= 11 is 0. The zero-order chi connectivity index (χ0) is 14.0. The Morgan fingerprint density at radius 1 is 1.10 bits per heavy atom. The summed E-state index contributed by atoms with van der Waals surface area (Å²) in [5.41, 5.74) is 0.919. The van der Waals surface area contributed by atoms with E-state index in [1.54, 1.807) is 0 Å². The highest BCUT2D eigenvalue weighted by atomic mass is 16.3. The van der Waals surface area contributed by atoms with Crippen LogP contribution in [-0.2, 0) is 5.60 Å². The standard InChI is InChI=1S/C16H17N3O/c1-12-6-5-9-14(19-12)16(20,15-17-10-11-18-15)13-7-3-2-4-8-13/h2-9,20H,10-11H2,1H3,(H,17,18). The van der Waals surface area contributed by atoms with E-state index in [1.807, 2.05) is 55.5 Å². The Hall–Kier alpha value is -2.20. The monoisotopic (exact) mass is 267 g/mol. The maximum atomic E-state index is 11.3. The van der Waals surface area contributed by atoms with Crippen LogP contribution in [0.1, 0.15) is 17.0 Å². The van der Waals surface area contributed by atoms with E-state index in [1.165, 1.54) is 0 Å². The lowest BCUT2D eigenvalue weighted by Crippen LogP contribution is -2.44. The number of nitrogens with one attached hydrogen (secondary N) is 1. The Labute approximate surface area is 118 Å². The van der Waals surface area contributed by atoms with Crippen LogP contribution in [0, 0.1) is 6.92 Å². The van der Waals surface area contributed by atoms with Gasteiger partial charge in [0.15, 0.2) is 5.60 Å². The number of aromatic nitrogens is 1. The number of aliphatic hydroxyl groups is 1. The third-order valence-corrected chi connectivity index (χ3v) is 3.47. The van der Waals surface area contributed by atoms with Crippen molar-refractivity contribution in [1.29, 1.82) is 0 Å². The number of nitrogens with zero attached hydrogens (tertiary/aromatic N) is 2. The van der Waals surface area contributed by atoms with Crippen LogP contribution >= 0.6 is 0 Å². The lowest BCUT2D eigenvalue weighted by Gasteiger charge is -2.28. The van der Waals surface area contributed by atoms with E-state index in [0.717, 1.165) is 17.8 Å². The van der Waals surface area contributed by atoms with Crippen molar-refractivity contribution in [2.24, 2.45) is 4.99 Å². The summed E-state index contributed by atoms with van der Waals surface area (Å²) in [6.07, 6.45) is 0. The quantitative estimate of drug-likeness (QED) is 0.888. The fourth-order valence-corrected chi connectivity index (χ4v) is 2.47. The zero-order valence-electron chi connectivity index (χ0n) is 11.4. The highest BCUT2D eigenvalue weighted by Crippen LogP contribution is 2.30. The fourth-order valence-electron chi connectivity index (χ4n) is 2.47. The molecule has 2 aromatic rings. The summed E-state index contributed by atoms with van der Waals surface area (Å²) in [5, 5.41) is 14.5. The zero-order valence-corrected chi connectivity index (χ0v) is 11.4. The molecule has 1 aromatic carbocycles. The van der Waals surface area contributed by atoms with E-state index < -0.39 is 5.60 Å². The normalized spacial score (nSPS) is 17.2. The minimum absolute atomic E-state index is 0.571. The summed E-state index contributed by atoms with van der Waals surface area (Å²) in [7, 11) is 0. The summed E-state index contributed by atoms with van der Waals surface area (Å²) < 4.78 is 0. The average molecular weight is 267 g/mol. The first-order chi connectivity index (χ1) is 9.71. The van der Waals surface area contributed by atoms with Gasteiger partial charge in [0.25, 0.3) is 0 Å². The number of benzene rings is 1. The fraction of sp³-hybridized carbons (Fsp3) is 0.250.